The molecule has 2 rings (SSSR count). The van der Waals surface area contributed by atoms with Crippen LogP contribution in [0.4, 0.5) is 0 Å². The molecular weight excluding hydrogens is 347 g/mol. The minimum atomic E-state index is 0.155. The molecule has 1 aromatic heterocycles. The van der Waals surface area contributed by atoms with Gasteiger partial charge in [-0.3, -0.25) is 0 Å². The maximum Gasteiger partial charge on any atom is 0.0757 e. The fraction of sp³-hybridized carbons (Fsp3) is 0.600. The van der Waals surface area contributed by atoms with Crippen molar-refractivity contribution in [2.24, 2.45) is 11.3 Å². The molecule has 1 heterocycles. The molecular formula is C10H11Br2ClS. The second-order valence-electron chi connectivity index (χ2n) is 4.48. The van der Waals surface area contributed by atoms with Gasteiger partial charge in [-0.05, 0) is 61.2 Å². The third kappa shape index (κ3) is 2.06. The van der Waals surface area contributed by atoms with E-state index in [2.05, 4.69) is 51.8 Å². The summed E-state index contributed by atoms with van der Waals surface area (Å²) in [6.45, 7) is 4.56. The predicted octanol–water partition coefficient (Wildman–Crippen LogP) is 5.60. The van der Waals surface area contributed by atoms with Crippen LogP contribution in [0.5, 0.6) is 0 Å². The van der Waals surface area contributed by atoms with E-state index >= 15 is 0 Å². The minimum absolute atomic E-state index is 0.155. The Kier molecular flexibility index (Phi) is 3.07. The highest BCUT2D eigenvalue weighted by atomic mass is 79.9. The van der Waals surface area contributed by atoms with Gasteiger partial charge < -0.3 is 0 Å². The molecule has 0 N–H and O–H groups in total. The SMILES string of the molecule is CC1(C)CC1C(Cl)c1cc(Br)sc1Br. The highest BCUT2D eigenvalue weighted by Gasteiger charge is 2.50. The summed E-state index contributed by atoms with van der Waals surface area (Å²) in [5, 5.41) is 0.155. The van der Waals surface area contributed by atoms with E-state index in [1.807, 2.05) is 0 Å². The van der Waals surface area contributed by atoms with Crippen molar-refractivity contribution in [2.45, 2.75) is 25.6 Å². The summed E-state index contributed by atoms with van der Waals surface area (Å²) < 4.78 is 2.30. The molecule has 1 aliphatic rings. The van der Waals surface area contributed by atoms with Crippen molar-refractivity contribution in [1.82, 2.24) is 0 Å². The smallest absolute Gasteiger partial charge is 0.0757 e. The largest absolute Gasteiger partial charge is 0.121 e. The van der Waals surface area contributed by atoms with Gasteiger partial charge in [-0.2, -0.15) is 0 Å². The van der Waals surface area contributed by atoms with E-state index < -0.39 is 0 Å². The average Bonchev–Trinajstić information content (AvgIpc) is 2.55. The summed E-state index contributed by atoms with van der Waals surface area (Å²) in [5.41, 5.74) is 1.67. The molecule has 0 aromatic carbocycles. The van der Waals surface area contributed by atoms with Crippen LogP contribution in [-0.4, -0.2) is 0 Å². The van der Waals surface area contributed by atoms with Crippen LogP contribution >= 0.6 is 54.8 Å². The van der Waals surface area contributed by atoms with Gasteiger partial charge in [0.05, 0.1) is 12.9 Å². The van der Waals surface area contributed by atoms with Gasteiger partial charge in [0.25, 0.3) is 0 Å². The monoisotopic (exact) mass is 356 g/mol. The number of alkyl halides is 1. The molecule has 0 radical (unpaired) electrons. The zero-order chi connectivity index (χ0) is 10.5. The molecule has 0 spiro atoms. The summed E-state index contributed by atoms with van der Waals surface area (Å²) in [7, 11) is 0. The van der Waals surface area contributed by atoms with E-state index in [1.165, 1.54) is 12.0 Å². The van der Waals surface area contributed by atoms with Crippen molar-refractivity contribution in [2.75, 3.05) is 0 Å². The van der Waals surface area contributed by atoms with Crippen LogP contribution in [0.25, 0.3) is 0 Å². The predicted molar refractivity (Wildman–Crippen MR) is 70.2 cm³/mol. The van der Waals surface area contributed by atoms with Gasteiger partial charge in [0.2, 0.25) is 0 Å². The van der Waals surface area contributed by atoms with E-state index in [4.69, 9.17) is 11.6 Å². The molecule has 0 nitrogen and oxygen atoms in total. The molecule has 1 fully saturated rings. The fourth-order valence-corrected chi connectivity index (χ4v) is 5.49. The molecule has 1 saturated carbocycles. The van der Waals surface area contributed by atoms with E-state index in [0.717, 1.165) is 7.57 Å². The maximum absolute atomic E-state index is 6.46. The van der Waals surface area contributed by atoms with Crippen LogP contribution in [0.1, 0.15) is 31.2 Å². The quantitative estimate of drug-likeness (QED) is 0.604. The second kappa shape index (κ2) is 3.76. The summed E-state index contributed by atoms with van der Waals surface area (Å²) >= 11 is 15.2. The van der Waals surface area contributed by atoms with Crippen molar-refractivity contribution in [3.63, 3.8) is 0 Å². The lowest BCUT2D eigenvalue weighted by Crippen LogP contribution is -1.98. The molecule has 2 atom stereocenters. The van der Waals surface area contributed by atoms with Crippen molar-refractivity contribution in [3.05, 3.63) is 19.2 Å². The zero-order valence-corrected chi connectivity index (χ0v) is 12.7. The maximum atomic E-state index is 6.46. The van der Waals surface area contributed by atoms with Crippen LogP contribution in [0, 0.1) is 11.3 Å². The van der Waals surface area contributed by atoms with E-state index in [-0.39, 0.29) is 5.38 Å². The van der Waals surface area contributed by atoms with Gasteiger partial charge in [-0.15, -0.1) is 22.9 Å². The topological polar surface area (TPSA) is 0 Å². The van der Waals surface area contributed by atoms with Gasteiger partial charge >= 0.3 is 0 Å². The van der Waals surface area contributed by atoms with Gasteiger partial charge in [0.1, 0.15) is 0 Å². The lowest BCUT2D eigenvalue weighted by molar-refractivity contribution is 0.548. The van der Waals surface area contributed by atoms with E-state index in [1.54, 1.807) is 11.3 Å². The van der Waals surface area contributed by atoms with E-state index in [0.29, 0.717) is 11.3 Å². The normalized spacial score (nSPS) is 26.2. The number of hydrogen-bond donors (Lipinski definition) is 0. The molecule has 4 heteroatoms. The lowest BCUT2D eigenvalue weighted by atomic mass is 10.0. The Hall–Kier alpha value is 0.950. The summed E-state index contributed by atoms with van der Waals surface area (Å²) in [4.78, 5) is 0. The van der Waals surface area contributed by atoms with E-state index in [9.17, 15) is 0 Å². The molecule has 0 amide bonds. The Morgan fingerprint density at radius 2 is 2.14 bits per heavy atom. The highest BCUT2D eigenvalue weighted by Crippen LogP contribution is 2.61. The Balaban J connectivity index is 2.20. The third-order valence-electron chi connectivity index (χ3n) is 2.92. The Bertz CT molecular complexity index is 359. The van der Waals surface area contributed by atoms with Gasteiger partial charge in [-0.25, -0.2) is 0 Å². The summed E-state index contributed by atoms with van der Waals surface area (Å²) in [6.07, 6.45) is 1.24. The molecule has 1 aliphatic carbocycles. The van der Waals surface area contributed by atoms with Crippen LogP contribution in [0.2, 0.25) is 0 Å². The van der Waals surface area contributed by atoms with Crippen LogP contribution in [0.15, 0.2) is 13.6 Å². The van der Waals surface area contributed by atoms with Crippen molar-refractivity contribution < 1.29 is 0 Å². The summed E-state index contributed by atoms with van der Waals surface area (Å²) in [6, 6.07) is 2.13. The molecule has 1 aromatic rings. The molecule has 14 heavy (non-hydrogen) atoms. The van der Waals surface area contributed by atoms with Crippen molar-refractivity contribution in [1.29, 1.82) is 0 Å². The van der Waals surface area contributed by atoms with Crippen LogP contribution in [-0.2, 0) is 0 Å². The first-order valence-electron chi connectivity index (χ1n) is 4.50. The average molecular weight is 359 g/mol. The first kappa shape index (κ1) is 11.4. The van der Waals surface area contributed by atoms with Gasteiger partial charge in [-0.1, -0.05) is 13.8 Å². The lowest BCUT2D eigenvalue weighted by Gasteiger charge is -2.10. The highest BCUT2D eigenvalue weighted by molar-refractivity contribution is 9.12. The fourth-order valence-electron chi connectivity index (χ4n) is 1.77. The Labute approximate surface area is 110 Å². The third-order valence-corrected chi connectivity index (χ3v) is 5.85. The van der Waals surface area contributed by atoms with Gasteiger partial charge in [0.15, 0.2) is 0 Å². The molecule has 0 aliphatic heterocycles. The molecule has 78 valence electrons. The number of halogens is 3. The summed E-state index contributed by atoms with van der Waals surface area (Å²) in [5.74, 6) is 0.627. The number of thiophene rings is 1. The number of hydrogen-bond acceptors (Lipinski definition) is 1. The van der Waals surface area contributed by atoms with Crippen molar-refractivity contribution >= 4 is 54.8 Å². The zero-order valence-electron chi connectivity index (χ0n) is 7.98. The van der Waals surface area contributed by atoms with Crippen LogP contribution < -0.4 is 0 Å². The Morgan fingerprint density at radius 3 is 2.50 bits per heavy atom. The first-order chi connectivity index (χ1) is 6.42. The Morgan fingerprint density at radius 1 is 1.57 bits per heavy atom. The van der Waals surface area contributed by atoms with Crippen LogP contribution in [0.3, 0.4) is 0 Å². The molecule has 0 saturated heterocycles. The first-order valence-corrected chi connectivity index (χ1v) is 7.34. The second-order valence-corrected chi connectivity index (χ2v) is 8.70. The molecule has 0 bridgehead atoms. The number of rotatable bonds is 2. The van der Waals surface area contributed by atoms with Gasteiger partial charge in [0, 0.05) is 0 Å². The standard InChI is InChI=1S/C10H11Br2ClS/c1-10(2)4-6(10)8(13)5-3-7(11)14-9(5)12/h3,6,8H,4H2,1-2H3. The molecule has 2 unspecified atom stereocenters. The van der Waals surface area contributed by atoms with Crippen molar-refractivity contribution in [3.8, 4) is 0 Å². The minimum Gasteiger partial charge on any atom is -0.121 e.